The Balaban J connectivity index is 3.04. The molecule has 1 aromatic rings. The van der Waals surface area contributed by atoms with Crippen LogP contribution in [0.4, 0.5) is 0 Å². The second-order valence-corrected chi connectivity index (χ2v) is 3.60. The number of hydrogen-bond acceptors (Lipinski definition) is 5. The molecule has 1 aromatic heterocycles. The summed E-state index contributed by atoms with van der Waals surface area (Å²) in [4.78, 5) is 21.2. The van der Waals surface area contributed by atoms with E-state index in [0.717, 1.165) is 6.26 Å². The van der Waals surface area contributed by atoms with E-state index in [9.17, 15) is 14.9 Å². The lowest BCUT2D eigenvalue weighted by Gasteiger charge is -2.12. The third-order valence-electron chi connectivity index (χ3n) is 2.18. The van der Waals surface area contributed by atoms with Crippen LogP contribution in [-0.4, -0.2) is 22.4 Å². The van der Waals surface area contributed by atoms with Gasteiger partial charge < -0.3 is 9.52 Å². The second kappa shape index (κ2) is 3.82. The van der Waals surface area contributed by atoms with E-state index in [1.165, 1.54) is 19.9 Å². The molecule has 0 amide bonds. The molecule has 0 bridgehead atoms. The van der Waals surface area contributed by atoms with Gasteiger partial charge in [0.2, 0.25) is 11.3 Å². The van der Waals surface area contributed by atoms with E-state index in [-0.39, 0.29) is 5.76 Å². The molecular formula is C9H11NO5. The Bertz CT molecular complexity index is 393. The summed E-state index contributed by atoms with van der Waals surface area (Å²) in [5.41, 5.74) is -1.01. The van der Waals surface area contributed by atoms with Gasteiger partial charge in [-0.3, -0.25) is 14.9 Å². The quantitative estimate of drug-likeness (QED) is 0.456. The summed E-state index contributed by atoms with van der Waals surface area (Å²) in [6.45, 7) is 2.14. The van der Waals surface area contributed by atoms with Gasteiger partial charge in [-0.2, -0.15) is 0 Å². The van der Waals surface area contributed by atoms with Gasteiger partial charge in [-0.05, 0) is 6.07 Å². The molecule has 6 heteroatoms. The van der Waals surface area contributed by atoms with E-state index in [1.54, 1.807) is 0 Å². The standard InChI is InChI=1S/C9H11NO5/c1-9(2,10(13)14)6-3-8(15-5-6)7(12)4-11/h3,5,11H,4H2,1-2H3. The summed E-state index contributed by atoms with van der Waals surface area (Å²) >= 11 is 0. The first-order valence-electron chi connectivity index (χ1n) is 4.27. The number of Topliss-reactive ketones (excluding diaryl/α,β-unsaturated/α-hetero) is 1. The van der Waals surface area contributed by atoms with Gasteiger partial charge in [-0.1, -0.05) is 0 Å². The minimum absolute atomic E-state index is 0.0672. The van der Waals surface area contributed by atoms with Gasteiger partial charge >= 0.3 is 0 Å². The first kappa shape index (κ1) is 11.4. The first-order chi connectivity index (χ1) is 6.89. The van der Waals surface area contributed by atoms with Crippen LogP contribution in [-0.2, 0) is 5.54 Å². The SMILES string of the molecule is CC(C)(c1coc(C(=O)CO)c1)[N+](=O)[O-]. The number of nitro groups is 1. The highest BCUT2D eigenvalue weighted by Gasteiger charge is 2.35. The molecule has 6 nitrogen and oxygen atoms in total. The third kappa shape index (κ3) is 2.04. The lowest BCUT2D eigenvalue weighted by Crippen LogP contribution is -2.27. The van der Waals surface area contributed by atoms with Gasteiger partial charge in [-0.25, -0.2) is 0 Å². The maximum atomic E-state index is 11.0. The lowest BCUT2D eigenvalue weighted by atomic mass is 9.98. The number of carbonyl (C=O) groups excluding carboxylic acids is 1. The van der Waals surface area contributed by atoms with Crippen LogP contribution in [0.2, 0.25) is 0 Å². The van der Waals surface area contributed by atoms with Gasteiger partial charge in [0.25, 0.3) is 0 Å². The summed E-state index contributed by atoms with van der Waals surface area (Å²) in [7, 11) is 0. The number of aliphatic hydroxyl groups is 1. The topological polar surface area (TPSA) is 93.6 Å². The zero-order chi connectivity index (χ0) is 11.6. The predicted molar refractivity (Wildman–Crippen MR) is 50.1 cm³/mol. The summed E-state index contributed by atoms with van der Waals surface area (Å²) in [6, 6.07) is 1.28. The van der Waals surface area contributed by atoms with E-state index in [1.807, 2.05) is 0 Å². The van der Waals surface area contributed by atoms with Crippen LogP contribution < -0.4 is 0 Å². The normalized spacial score (nSPS) is 11.4. The maximum absolute atomic E-state index is 11.0. The number of aliphatic hydroxyl groups excluding tert-OH is 1. The summed E-state index contributed by atoms with van der Waals surface area (Å²) in [5, 5.41) is 19.3. The molecule has 0 aliphatic rings. The minimum Gasteiger partial charge on any atom is -0.461 e. The fraction of sp³-hybridized carbons (Fsp3) is 0.444. The zero-order valence-corrected chi connectivity index (χ0v) is 8.39. The van der Waals surface area contributed by atoms with Crippen LogP contribution in [0, 0.1) is 10.1 Å². The Labute approximate surface area is 85.7 Å². The molecule has 15 heavy (non-hydrogen) atoms. The fourth-order valence-corrected chi connectivity index (χ4v) is 0.987. The Morgan fingerprint density at radius 2 is 2.27 bits per heavy atom. The van der Waals surface area contributed by atoms with Crippen LogP contribution >= 0.6 is 0 Å². The molecule has 0 radical (unpaired) electrons. The van der Waals surface area contributed by atoms with Gasteiger partial charge in [0.05, 0.1) is 5.56 Å². The average molecular weight is 213 g/mol. The molecule has 0 aliphatic heterocycles. The number of furan rings is 1. The third-order valence-corrected chi connectivity index (χ3v) is 2.18. The van der Waals surface area contributed by atoms with Gasteiger partial charge in [-0.15, -0.1) is 0 Å². The fourth-order valence-electron chi connectivity index (χ4n) is 0.987. The van der Waals surface area contributed by atoms with Crippen LogP contribution in [0.1, 0.15) is 30.0 Å². The Kier molecular flexibility index (Phi) is 2.90. The molecule has 0 spiro atoms. The highest BCUT2D eigenvalue weighted by atomic mass is 16.6. The monoisotopic (exact) mass is 213 g/mol. The van der Waals surface area contributed by atoms with E-state index >= 15 is 0 Å². The van der Waals surface area contributed by atoms with E-state index < -0.39 is 22.9 Å². The van der Waals surface area contributed by atoms with E-state index in [4.69, 9.17) is 9.52 Å². The molecular weight excluding hydrogens is 202 g/mol. The Morgan fingerprint density at radius 3 is 2.73 bits per heavy atom. The molecule has 0 unspecified atom stereocenters. The number of hydrogen-bond donors (Lipinski definition) is 1. The number of carbonyl (C=O) groups is 1. The lowest BCUT2D eigenvalue weighted by molar-refractivity contribution is -0.569. The van der Waals surface area contributed by atoms with Gasteiger partial charge in [0, 0.05) is 18.8 Å². The van der Waals surface area contributed by atoms with Crippen molar-refractivity contribution in [2.24, 2.45) is 0 Å². The average Bonchev–Trinajstić information content (AvgIpc) is 2.65. The zero-order valence-electron chi connectivity index (χ0n) is 8.39. The minimum atomic E-state index is -1.31. The number of ketones is 1. The van der Waals surface area contributed by atoms with Crippen molar-refractivity contribution < 1.29 is 19.2 Å². The molecule has 1 heterocycles. The highest BCUT2D eigenvalue weighted by molar-refractivity contribution is 5.94. The highest BCUT2D eigenvalue weighted by Crippen LogP contribution is 2.25. The van der Waals surface area contributed by atoms with E-state index in [2.05, 4.69) is 0 Å². The number of rotatable bonds is 4. The molecule has 0 atom stereocenters. The van der Waals surface area contributed by atoms with Crippen LogP contribution in [0.5, 0.6) is 0 Å². The van der Waals surface area contributed by atoms with Crippen molar-refractivity contribution >= 4 is 5.78 Å². The van der Waals surface area contributed by atoms with Crippen molar-refractivity contribution in [2.75, 3.05) is 6.61 Å². The summed E-state index contributed by atoms with van der Waals surface area (Å²) < 4.78 is 4.84. The largest absolute Gasteiger partial charge is 0.461 e. The van der Waals surface area contributed by atoms with Crippen molar-refractivity contribution in [3.8, 4) is 0 Å². The molecule has 1 N–H and O–H groups in total. The van der Waals surface area contributed by atoms with Gasteiger partial charge in [0.15, 0.2) is 5.76 Å². The van der Waals surface area contributed by atoms with Crippen molar-refractivity contribution in [1.82, 2.24) is 0 Å². The molecule has 0 fully saturated rings. The molecule has 0 saturated carbocycles. The maximum Gasteiger partial charge on any atom is 0.244 e. The molecule has 82 valence electrons. The summed E-state index contributed by atoms with van der Waals surface area (Å²) in [6.07, 6.45) is 1.16. The smallest absolute Gasteiger partial charge is 0.244 e. The van der Waals surface area contributed by atoms with Crippen molar-refractivity contribution in [3.05, 3.63) is 33.8 Å². The van der Waals surface area contributed by atoms with Crippen LogP contribution in [0.15, 0.2) is 16.7 Å². The Morgan fingerprint density at radius 1 is 1.67 bits per heavy atom. The van der Waals surface area contributed by atoms with Crippen molar-refractivity contribution in [2.45, 2.75) is 19.4 Å². The van der Waals surface area contributed by atoms with Crippen LogP contribution in [0.25, 0.3) is 0 Å². The first-order valence-corrected chi connectivity index (χ1v) is 4.27. The predicted octanol–water partition coefficient (Wildman–Crippen LogP) is 0.966. The molecule has 0 aliphatic carbocycles. The molecule has 0 saturated heterocycles. The van der Waals surface area contributed by atoms with Crippen molar-refractivity contribution in [1.29, 1.82) is 0 Å². The molecule has 0 aromatic carbocycles. The van der Waals surface area contributed by atoms with Gasteiger partial charge in [0.1, 0.15) is 12.9 Å². The number of nitrogens with zero attached hydrogens (tertiary/aromatic N) is 1. The molecule has 1 rings (SSSR count). The van der Waals surface area contributed by atoms with E-state index in [0.29, 0.717) is 5.56 Å². The van der Waals surface area contributed by atoms with Crippen molar-refractivity contribution in [3.63, 3.8) is 0 Å². The summed E-state index contributed by atoms with van der Waals surface area (Å²) in [5.74, 6) is -0.664. The Hall–Kier alpha value is -1.69. The van der Waals surface area contributed by atoms with Crippen LogP contribution in [0.3, 0.4) is 0 Å². The second-order valence-electron chi connectivity index (χ2n) is 3.60.